The van der Waals surface area contributed by atoms with Crippen molar-refractivity contribution in [2.75, 3.05) is 17.4 Å². The number of hydrogen-bond donors (Lipinski definition) is 2. The lowest BCUT2D eigenvalue weighted by molar-refractivity contribution is -0.122. The van der Waals surface area contributed by atoms with Gasteiger partial charge >= 0.3 is 6.09 Å². The van der Waals surface area contributed by atoms with E-state index in [4.69, 9.17) is 4.74 Å². The van der Waals surface area contributed by atoms with Gasteiger partial charge in [0, 0.05) is 12.6 Å². The van der Waals surface area contributed by atoms with E-state index >= 15 is 0 Å². The summed E-state index contributed by atoms with van der Waals surface area (Å²) in [5.41, 5.74) is 7.12. The van der Waals surface area contributed by atoms with Crippen molar-refractivity contribution in [3.05, 3.63) is 59.7 Å². The van der Waals surface area contributed by atoms with Gasteiger partial charge in [0.15, 0.2) is 0 Å². The fraction of sp³-hybridized carbons (Fsp3) is 0.176. The molecule has 3 rings (SSSR count). The molecule has 0 aliphatic carbocycles. The van der Waals surface area contributed by atoms with Crippen LogP contribution >= 0.6 is 0 Å². The maximum absolute atomic E-state index is 13.9. The predicted molar refractivity (Wildman–Crippen MR) is 87.1 cm³/mol. The third kappa shape index (κ3) is 3.15. The average Bonchev–Trinajstić information content (AvgIpc) is 2.83. The van der Waals surface area contributed by atoms with Gasteiger partial charge in [-0.05, 0) is 23.8 Å². The highest BCUT2D eigenvalue weighted by Gasteiger charge is 2.35. The van der Waals surface area contributed by atoms with E-state index < -0.39 is 18.2 Å². The van der Waals surface area contributed by atoms with Crippen molar-refractivity contribution in [2.24, 2.45) is 0 Å². The Kier molecular flexibility index (Phi) is 4.33. The Morgan fingerprint density at radius 3 is 2.75 bits per heavy atom. The topological polar surface area (TPSA) is 70.7 Å². The smallest absolute Gasteiger partial charge is 0.426 e. The number of anilines is 2. The standard InChI is InChI=1S/C17H16FN3O3/c1-21-14-8-7-12(9-13(14)15(18)16(21)22)19-20-17(23)24-10-11-5-3-2-4-6-11/h2-9,15,19H,10H2,1H3,(H,20,23). The van der Waals surface area contributed by atoms with Crippen LogP contribution in [0.3, 0.4) is 0 Å². The number of carbonyl (C=O) groups excluding carboxylic acids is 2. The van der Waals surface area contributed by atoms with Crippen molar-refractivity contribution in [3.8, 4) is 0 Å². The molecule has 1 unspecified atom stereocenters. The van der Waals surface area contributed by atoms with Crippen LogP contribution in [0.5, 0.6) is 0 Å². The fourth-order valence-electron chi connectivity index (χ4n) is 2.44. The normalized spacial score (nSPS) is 15.8. The number of hydrogen-bond acceptors (Lipinski definition) is 4. The molecule has 2 aromatic carbocycles. The number of ether oxygens (including phenoxy) is 1. The number of hydrazine groups is 1. The molecule has 1 aliphatic rings. The molecule has 0 spiro atoms. The molecular formula is C17H16FN3O3. The van der Waals surface area contributed by atoms with Gasteiger partial charge in [-0.2, -0.15) is 0 Å². The highest BCUT2D eigenvalue weighted by atomic mass is 19.1. The number of likely N-dealkylation sites (N-methyl/N-ethyl adjacent to an activating group) is 1. The Morgan fingerprint density at radius 2 is 2.00 bits per heavy atom. The summed E-state index contributed by atoms with van der Waals surface area (Å²) in [6.07, 6.45) is -2.35. The van der Waals surface area contributed by atoms with Crippen LogP contribution < -0.4 is 15.8 Å². The molecule has 0 saturated heterocycles. The zero-order valence-electron chi connectivity index (χ0n) is 13.0. The Labute approximate surface area is 138 Å². The van der Waals surface area contributed by atoms with Crippen molar-refractivity contribution < 1.29 is 18.7 Å². The summed E-state index contributed by atoms with van der Waals surface area (Å²) >= 11 is 0. The van der Waals surface area contributed by atoms with E-state index in [0.29, 0.717) is 11.4 Å². The summed E-state index contributed by atoms with van der Waals surface area (Å²) in [5.74, 6) is -0.600. The Hall–Kier alpha value is -3.09. The molecule has 2 aromatic rings. The van der Waals surface area contributed by atoms with Crippen LogP contribution in [0, 0.1) is 0 Å². The molecule has 1 aliphatic heterocycles. The lowest BCUT2D eigenvalue weighted by Gasteiger charge is -2.12. The number of alkyl halides is 1. The molecule has 1 atom stereocenters. The van der Waals surface area contributed by atoms with E-state index in [0.717, 1.165) is 5.56 Å². The number of nitrogens with one attached hydrogen (secondary N) is 2. The van der Waals surface area contributed by atoms with Gasteiger partial charge < -0.3 is 9.64 Å². The molecule has 7 heteroatoms. The molecule has 2 amide bonds. The quantitative estimate of drug-likeness (QED) is 0.846. The molecule has 24 heavy (non-hydrogen) atoms. The van der Waals surface area contributed by atoms with Crippen LogP contribution in [-0.2, 0) is 16.1 Å². The van der Waals surface area contributed by atoms with Gasteiger partial charge in [0.25, 0.3) is 5.91 Å². The summed E-state index contributed by atoms with van der Waals surface area (Å²) in [5, 5.41) is 0. The van der Waals surface area contributed by atoms with Crippen LogP contribution in [0.2, 0.25) is 0 Å². The summed E-state index contributed by atoms with van der Waals surface area (Å²) in [6.45, 7) is 0.143. The van der Waals surface area contributed by atoms with E-state index in [1.165, 1.54) is 18.0 Å². The third-order valence-electron chi connectivity index (χ3n) is 3.73. The van der Waals surface area contributed by atoms with Crippen LogP contribution in [0.25, 0.3) is 0 Å². The first kappa shape index (κ1) is 15.8. The van der Waals surface area contributed by atoms with Gasteiger partial charge in [0.1, 0.15) is 6.61 Å². The molecular weight excluding hydrogens is 313 g/mol. The van der Waals surface area contributed by atoms with Crippen molar-refractivity contribution in [2.45, 2.75) is 12.8 Å². The zero-order chi connectivity index (χ0) is 17.1. The number of nitrogens with zero attached hydrogens (tertiary/aromatic N) is 1. The maximum atomic E-state index is 13.9. The average molecular weight is 329 g/mol. The summed E-state index contributed by atoms with van der Waals surface area (Å²) in [6, 6.07) is 14.0. The molecule has 1 heterocycles. The Bertz CT molecular complexity index is 767. The Morgan fingerprint density at radius 1 is 1.25 bits per heavy atom. The van der Waals surface area contributed by atoms with Crippen molar-refractivity contribution >= 4 is 23.4 Å². The van der Waals surface area contributed by atoms with Gasteiger partial charge in [-0.1, -0.05) is 30.3 Å². The van der Waals surface area contributed by atoms with Gasteiger partial charge in [-0.15, -0.1) is 0 Å². The fourth-order valence-corrected chi connectivity index (χ4v) is 2.44. The van der Waals surface area contributed by atoms with E-state index in [9.17, 15) is 14.0 Å². The molecule has 2 N–H and O–H groups in total. The van der Waals surface area contributed by atoms with Gasteiger partial charge in [0.2, 0.25) is 6.17 Å². The zero-order valence-corrected chi connectivity index (χ0v) is 13.0. The largest absolute Gasteiger partial charge is 0.443 e. The summed E-state index contributed by atoms with van der Waals surface area (Å²) in [7, 11) is 1.52. The number of carbonyl (C=O) groups is 2. The van der Waals surface area contributed by atoms with E-state index in [1.807, 2.05) is 30.3 Å². The summed E-state index contributed by atoms with van der Waals surface area (Å²) < 4.78 is 19.0. The molecule has 0 fully saturated rings. The second-order valence-electron chi connectivity index (χ2n) is 5.35. The molecule has 0 radical (unpaired) electrons. The van der Waals surface area contributed by atoms with Crippen LogP contribution in [0.15, 0.2) is 48.5 Å². The number of fused-ring (bicyclic) bond motifs is 1. The van der Waals surface area contributed by atoms with E-state index in [2.05, 4.69) is 10.9 Å². The summed E-state index contributed by atoms with van der Waals surface area (Å²) in [4.78, 5) is 24.5. The van der Waals surface area contributed by atoms with Crippen LogP contribution in [-0.4, -0.2) is 19.0 Å². The lowest BCUT2D eigenvalue weighted by Crippen LogP contribution is -2.29. The predicted octanol–water partition coefficient (Wildman–Crippen LogP) is 2.93. The number of benzene rings is 2. The van der Waals surface area contributed by atoms with Gasteiger partial charge in [-0.25, -0.2) is 14.6 Å². The van der Waals surface area contributed by atoms with Crippen LogP contribution in [0.4, 0.5) is 20.6 Å². The first-order valence-corrected chi connectivity index (χ1v) is 7.34. The van der Waals surface area contributed by atoms with Crippen molar-refractivity contribution in [3.63, 3.8) is 0 Å². The van der Waals surface area contributed by atoms with E-state index in [1.54, 1.807) is 12.1 Å². The first-order valence-electron chi connectivity index (χ1n) is 7.34. The minimum atomic E-state index is -1.68. The van der Waals surface area contributed by atoms with Gasteiger partial charge in [-0.3, -0.25) is 10.2 Å². The number of amides is 2. The second-order valence-corrected chi connectivity index (χ2v) is 5.35. The first-order chi connectivity index (χ1) is 11.6. The minimum absolute atomic E-state index is 0.143. The maximum Gasteiger partial charge on any atom is 0.426 e. The molecule has 124 valence electrons. The van der Waals surface area contributed by atoms with E-state index in [-0.39, 0.29) is 12.2 Å². The molecule has 0 saturated carbocycles. The SMILES string of the molecule is CN1C(=O)C(F)c2cc(NNC(=O)OCc3ccccc3)ccc21. The molecule has 6 nitrogen and oxygen atoms in total. The highest BCUT2D eigenvalue weighted by molar-refractivity contribution is 6.03. The Balaban J connectivity index is 1.56. The second kappa shape index (κ2) is 6.57. The third-order valence-corrected chi connectivity index (χ3v) is 3.73. The minimum Gasteiger partial charge on any atom is -0.443 e. The number of halogens is 1. The van der Waals surface area contributed by atoms with Crippen molar-refractivity contribution in [1.82, 2.24) is 5.43 Å². The highest BCUT2D eigenvalue weighted by Crippen LogP contribution is 2.38. The van der Waals surface area contributed by atoms with Gasteiger partial charge in [0.05, 0.1) is 11.4 Å². The number of rotatable bonds is 4. The van der Waals surface area contributed by atoms with Crippen LogP contribution in [0.1, 0.15) is 17.3 Å². The molecule has 0 aromatic heterocycles. The monoisotopic (exact) mass is 329 g/mol. The van der Waals surface area contributed by atoms with Crippen molar-refractivity contribution in [1.29, 1.82) is 0 Å². The molecule has 0 bridgehead atoms. The lowest BCUT2D eigenvalue weighted by atomic mass is 10.1.